The Labute approximate surface area is 116 Å². The second-order valence-corrected chi connectivity index (χ2v) is 3.95. The number of hydrogen-bond acceptors (Lipinski definition) is 5. The summed E-state index contributed by atoms with van der Waals surface area (Å²) in [6.07, 6.45) is 4.65. The van der Waals surface area contributed by atoms with Crippen molar-refractivity contribution in [3.8, 4) is 23.8 Å². The van der Waals surface area contributed by atoms with Crippen LogP contribution in [0.1, 0.15) is 11.3 Å². The van der Waals surface area contributed by atoms with Gasteiger partial charge in [0, 0.05) is 6.20 Å². The molecule has 0 spiro atoms. The van der Waals surface area contributed by atoms with Crippen LogP contribution in [0.25, 0.3) is 6.08 Å². The van der Waals surface area contributed by atoms with E-state index in [0.717, 1.165) is 5.69 Å². The van der Waals surface area contributed by atoms with Crippen LogP contribution in [0.15, 0.2) is 42.2 Å². The maximum Gasteiger partial charge on any atom is 0.238 e. The Kier molecular flexibility index (Phi) is 4.06. The van der Waals surface area contributed by atoms with Crippen LogP contribution in [0.2, 0.25) is 0 Å². The first kappa shape index (κ1) is 13.3. The molecule has 5 nitrogen and oxygen atoms in total. The third-order valence-electron chi connectivity index (χ3n) is 2.37. The topological polar surface area (TPSA) is 82.6 Å². The Hall–Kier alpha value is -3.18. The number of hydrogen-bond donors (Lipinski definition) is 0. The fraction of sp³-hybridized carbons (Fsp3) is 0.0667. The van der Waals surface area contributed by atoms with Gasteiger partial charge < -0.3 is 4.74 Å². The van der Waals surface area contributed by atoms with Crippen molar-refractivity contribution in [3.05, 3.63) is 53.5 Å². The van der Waals surface area contributed by atoms with Crippen LogP contribution in [-0.2, 0) is 0 Å². The van der Waals surface area contributed by atoms with E-state index in [1.54, 1.807) is 30.5 Å². The molecule has 0 fully saturated rings. The Morgan fingerprint density at radius 3 is 2.75 bits per heavy atom. The maximum atomic E-state index is 8.73. The van der Waals surface area contributed by atoms with Crippen molar-refractivity contribution in [1.29, 1.82) is 10.5 Å². The first-order valence-electron chi connectivity index (χ1n) is 5.80. The summed E-state index contributed by atoms with van der Waals surface area (Å²) in [6, 6.07) is 10.7. The molecule has 0 radical (unpaired) electrons. The lowest BCUT2D eigenvalue weighted by Gasteiger charge is -2.05. The van der Waals surface area contributed by atoms with Crippen LogP contribution in [0, 0.1) is 29.6 Å². The molecule has 20 heavy (non-hydrogen) atoms. The molecule has 0 atom stereocenters. The van der Waals surface area contributed by atoms with Gasteiger partial charge in [-0.05, 0) is 30.7 Å². The SMILES string of the molecule is Cc1cncc(Oc2cccc(C=C(C#N)C#N)c2)n1. The van der Waals surface area contributed by atoms with E-state index in [1.165, 1.54) is 12.3 Å². The van der Waals surface area contributed by atoms with Gasteiger partial charge in [-0.15, -0.1) is 0 Å². The lowest BCUT2D eigenvalue weighted by atomic mass is 10.1. The van der Waals surface area contributed by atoms with Crippen LogP contribution < -0.4 is 4.74 Å². The fourth-order valence-corrected chi connectivity index (χ4v) is 1.53. The van der Waals surface area contributed by atoms with E-state index in [0.29, 0.717) is 17.2 Å². The predicted molar refractivity (Wildman–Crippen MR) is 72.5 cm³/mol. The molecule has 0 aliphatic rings. The van der Waals surface area contributed by atoms with Crippen molar-refractivity contribution in [2.45, 2.75) is 6.92 Å². The molecular formula is C15H10N4O. The normalized spacial score (nSPS) is 9.15. The predicted octanol–water partition coefficient (Wildman–Crippen LogP) is 3.01. The lowest BCUT2D eigenvalue weighted by Crippen LogP contribution is -1.91. The molecule has 2 rings (SSSR count). The van der Waals surface area contributed by atoms with Crippen molar-refractivity contribution in [3.63, 3.8) is 0 Å². The van der Waals surface area contributed by atoms with Crippen molar-refractivity contribution in [2.75, 3.05) is 0 Å². The number of benzene rings is 1. The summed E-state index contributed by atoms with van der Waals surface area (Å²) < 4.78 is 5.58. The van der Waals surface area contributed by atoms with E-state index >= 15 is 0 Å². The molecular weight excluding hydrogens is 252 g/mol. The molecule has 1 aromatic carbocycles. The van der Waals surface area contributed by atoms with Gasteiger partial charge in [0.25, 0.3) is 0 Å². The Bertz CT molecular complexity index is 722. The van der Waals surface area contributed by atoms with Crippen LogP contribution in [0.4, 0.5) is 0 Å². The molecule has 1 heterocycles. The number of aromatic nitrogens is 2. The Morgan fingerprint density at radius 2 is 2.05 bits per heavy atom. The van der Waals surface area contributed by atoms with Gasteiger partial charge in [-0.1, -0.05) is 12.1 Å². The van der Waals surface area contributed by atoms with Gasteiger partial charge in [0.1, 0.15) is 23.5 Å². The zero-order valence-electron chi connectivity index (χ0n) is 10.7. The largest absolute Gasteiger partial charge is 0.437 e. The van der Waals surface area contributed by atoms with Crippen molar-refractivity contribution < 1.29 is 4.74 Å². The first-order chi connectivity index (χ1) is 9.71. The Morgan fingerprint density at radius 1 is 1.25 bits per heavy atom. The number of aryl methyl sites for hydroxylation is 1. The number of nitriles is 2. The molecule has 0 aliphatic carbocycles. The quantitative estimate of drug-likeness (QED) is 0.794. The van der Waals surface area contributed by atoms with E-state index in [1.807, 2.05) is 19.1 Å². The van der Waals surface area contributed by atoms with E-state index in [4.69, 9.17) is 15.3 Å². The fourth-order valence-electron chi connectivity index (χ4n) is 1.53. The highest BCUT2D eigenvalue weighted by Crippen LogP contribution is 2.21. The van der Waals surface area contributed by atoms with Crippen molar-refractivity contribution in [1.82, 2.24) is 9.97 Å². The zero-order valence-corrected chi connectivity index (χ0v) is 10.7. The molecule has 0 saturated heterocycles. The third kappa shape index (κ3) is 3.41. The second-order valence-electron chi connectivity index (χ2n) is 3.95. The minimum atomic E-state index is 0.0393. The van der Waals surface area contributed by atoms with Crippen LogP contribution in [-0.4, -0.2) is 9.97 Å². The van der Waals surface area contributed by atoms with Gasteiger partial charge >= 0.3 is 0 Å². The van der Waals surface area contributed by atoms with Crippen molar-refractivity contribution in [2.24, 2.45) is 0 Å². The molecule has 0 amide bonds. The molecule has 0 saturated carbocycles. The minimum Gasteiger partial charge on any atom is -0.437 e. The molecule has 5 heteroatoms. The highest BCUT2D eigenvalue weighted by atomic mass is 16.5. The second kappa shape index (κ2) is 6.12. The van der Waals surface area contributed by atoms with Crippen LogP contribution in [0.3, 0.4) is 0 Å². The summed E-state index contributed by atoms with van der Waals surface area (Å²) in [7, 11) is 0. The van der Waals surface area contributed by atoms with E-state index in [9.17, 15) is 0 Å². The average Bonchev–Trinajstić information content (AvgIpc) is 2.45. The molecule has 96 valence electrons. The van der Waals surface area contributed by atoms with E-state index < -0.39 is 0 Å². The summed E-state index contributed by atoms with van der Waals surface area (Å²) >= 11 is 0. The van der Waals surface area contributed by atoms with Crippen LogP contribution in [0.5, 0.6) is 11.6 Å². The summed E-state index contributed by atoms with van der Waals surface area (Å²) in [5.74, 6) is 0.959. The summed E-state index contributed by atoms with van der Waals surface area (Å²) in [5, 5.41) is 17.5. The summed E-state index contributed by atoms with van der Waals surface area (Å²) in [5.41, 5.74) is 1.51. The molecule has 0 aliphatic heterocycles. The van der Waals surface area contributed by atoms with Gasteiger partial charge in [-0.2, -0.15) is 10.5 Å². The molecule has 0 bridgehead atoms. The summed E-state index contributed by atoms with van der Waals surface area (Å²) in [6.45, 7) is 1.82. The number of nitrogens with zero attached hydrogens (tertiary/aromatic N) is 4. The highest BCUT2D eigenvalue weighted by molar-refractivity contribution is 5.62. The molecule has 0 unspecified atom stereocenters. The van der Waals surface area contributed by atoms with Gasteiger partial charge in [-0.3, -0.25) is 4.98 Å². The van der Waals surface area contributed by atoms with E-state index in [2.05, 4.69) is 9.97 Å². The van der Waals surface area contributed by atoms with Gasteiger partial charge in [0.05, 0.1) is 11.9 Å². The molecule has 2 aromatic rings. The molecule has 0 N–H and O–H groups in total. The summed E-state index contributed by atoms with van der Waals surface area (Å²) in [4.78, 5) is 8.18. The average molecular weight is 262 g/mol. The molecule has 1 aromatic heterocycles. The number of allylic oxidation sites excluding steroid dienone is 1. The van der Waals surface area contributed by atoms with E-state index in [-0.39, 0.29) is 5.57 Å². The highest BCUT2D eigenvalue weighted by Gasteiger charge is 2.01. The first-order valence-corrected chi connectivity index (χ1v) is 5.80. The maximum absolute atomic E-state index is 8.73. The monoisotopic (exact) mass is 262 g/mol. The van der Waals surface area contributed by atoms with Gasteiger partial charge in [0.2, 0.25) is 5.88 Å². The van der Waals surface area contributed by atoms with Crippen LogP contribution >= 0.6 is 0 Å². The zero-order chi connectivity index (χ0) is 14.4. The standard InChI is InChI=1S/C15H10N4O/c1-11-9-18-10-15(19-11)20-14-4-2-3-12(6-14)5-13(7-16)8-17/h2-6,9-10H,1H3. The van der Waals surface area contributed by atoms with Gasteiger partial charge in [-0.25, -0.2) is 4.98 Å². The smallest absolute Gasteiger partial charge is 0.238 e. The van der Waals surface area contributed by atoms with Gasteiger partial charge in [0.15, 0.2) is 0 Å². The number of ether oxygens (including phenoxy) is 1. The lowest BCUT2D eigenvalue weighted by molar-refractivity contribution is 0.458. The third-order valence-corrected chi connectivity index (χ3v) is 2.37. The Balaban J connectivity index is 2.25. The minimum absolute atomic E-state index is 0.0393. The van der Waals surface area contributed by atoms with Crippen molar-refractivity contribution >= 4 is 6.08 Å². The number of rotatable bonds is 3.